The molecule has 0 aliphatic rings. The van der Waals surface area contributed by atoms with E-state index in [0.29, 0.717) is 34.3 Å². The number of carbonyl (C=O) groups is 2. The number of nitrogens with zero attached hydrogens (tertiary/aromatic N) is 2. The number of sulfonamides is 1. The van der Waals surface area contributed by atoms with Crippen molar-refractivity contribution in [2.75, 3.05) is 30.3 Å². The molecule has 48 heavy (non-hydrogen) atoms. The fraction of sp³-hybridized carbons (Fsp3) is 0.278. The van der Waals surface area contributed by atoms with Crippen LogP contribution in [0.15, 0.2) is 107 Å². The second-order valence-corrected chi connectivity index (χ2v) is 14.4. The molecule has 0 aliphatic carbocycles. The van der Waals surface area contributed by atoms with Gasteiger partial charge in [0.2, 0.25) is 11.8 Å². The number of nitrogens with one attached hydrogen (secondary N) is 1. The number of hydrogen-bond acceptors (Lipinski definition) is 6. The topological polar surface area (TPSA) is 96.0 Å². The Kier molecular flexibility index (Phi) is 13.6. The van der Waals surface area contributed by atoms with Crippen LogP contribution in [0.1, 0.15) is 31.4 Å². The van der Waals surface area contributed by atoms with Gasteiger partial charge in [0.05, 0.1) is 17.2 Å². The highest BCUT2D eigenvalue weighted by atomic mass is 35.5. The highest BCUT2D eigenvalue weighted by Crippen LogP contribution is 2.34. The molecule has 0 aliphatic heterocycles. The van der Waals surface area contributed by atoms with E-state index in [1.165, 1.54) is 28.8 Å². The van der Waals surface area contributed by atoms with E-state index < -0.39 is 28.5 Å². The number of rotatable bonds is 16. The van der Waals surface area contributed by atoms with Gasteiger partial charge in [-0.3, -0.25) is 13.9 Å². The summed E-state index contributed by atoms with van der Waals surface area (Å²) >= 11 is 14.3. The fourth-order valence-corrected chi connectivity index (χ4v) is 7.38. The van der Waals surface area contributed by atoms with Crippen molar-refractivity contribution in [3.63, 3.8) is 0 Å². The van der Waals surface area contributed by atoms with E-state index in [0.717, 1.165) is 14.8 Å². The summed E-state index contributed by atoms with van der Waals surface area (Å²) in [4.78, 5) is 30.8. The van der Waals surface area contributed by atoms with Crippen LogP contribution >= 0.6 is 35.0 Å². The van der Waals surface area contributed by atoms with E-state index >= 15 is 0 Å². The molecule has 0 bridgehead atoms. The van der Waals surface area contributed by atoms with Crippen LogP contribution in [0.2, 0.25) is 10.0 Å². The fourth-order valence-electron chi connectivity index (χ4n) is 5.08. The molecule has 2 amide bonds. The Labute approximate surface area is 297 Å². The summed E-state index contributed by atoms with van der Waals surface area (Å²) < 4.78 is 35.7. The van der Waals surface area contributed by atoms with Crippen molar-refractivity contribution in [1.29, 1.82) is 0 Å². The summed E-state index contributed by atoms with van der Waals surface area (Å²) in [6.45, 7) is 3.72. The van der Waals surface area contributed by atoms with Gasteiger partial charge in [0.1, 0.15) is 18.3 Å². The van der Waals surface area contributed by atoms with E-state index in [9.17, 15) is 18.0 Å². The van der Waals surface area contributed by atoms with Crippen molar-refractivity contribution in [2.24, 2.45) is 0 Å². The summed E-state index contributed by atoms with van der Waals surface area (Å²) in [6, 6.07) is 26.4. The number of thioether (sulfide) groups is 1. The molecule has 0 radical (unpaired) electrons. The highest BCUT2D eigenvalue weighted by molar-refractivity contribution is 7.98. The molecular formula is C36H39Cl2N3O5S2. The van der Waals surface area contributed by atoms with Crippen molar-refractivity contribution >= 4 is 62.5 Å². The first kappa shape index (κ1) is 37.1. The molecule has 0 heterocycles. The van der Waals surface area contributed by atoms with Gasteiger partial charge in [0, 0.05) is 34.5 Å². The molecule has 8 nitrogen and oxygen atoms in total. The third-order valence-corrected chi connectivity index (χ3v) is 10.6. The maximum Gasteiger partial charge on any atom is 0.264 e. The third-order valence-electron chi connectivity index (χ3n) is 7.54. The maximum atomic E-state index is 14.7. The molecule has 12 heteroatoms. The highest BCUT2D eigenvalue weighted by Gasteiger charge is 2.35. The van der Waals surface area contributed by atoms with E-state index in [4.69, 9.17) is 27.9 Å². The van der Waals surface area contributed by atoms with Crippen LogP contribution in [0.25, 0.3) is 0 Å². The van der Waals surface area contributed by atoms with Crippen LogP contribution in [0.5, 0.6) is 5.75 Å². The number of amides is 2. The molecule has 4 aromatic carbocycles. The van der Waals surface area contributed by atoms with Crippen molar-refractivity contribution < 1.29 is 22.7 Å². The van der Waals surface area contributed by atoms with Gasteiger partial charge >= 0.3 is 0 Å². The molecule has 4 rings (SSSR count). The zero-order chi connectivity index (χ0) is 34.7. The SMILES string of the molecule is CCCNC(=O)[C@@H](Cc1ccccc1)N(Cc1ccc(Cl)cc1Cl)C(=O)CN(c1ccccc1OCC)S(=O)(=O)c1ccc(SC)cc1. The second-order valence-electron chi connectivity index (χ2n) is 10.8. The first-order valence-corrected chi connectivity index (χ1v) is 18.9. The van der Waals surface area contributed by atoms with Gasteiger partial charge in [-0.1, -0.05) is 78.7 Å². The van der Waals surface area contributed by atoms with Gasteiger partial charge in [-0.25, -0.2) is 8.42 Å². The number of benzene rings is 4. The van der Waals surface area contributed by atoms with Crippen molar-refractivity contribution in [3.05, 3.63) is 118 Å². The number of para-hydroxylation sites is 2. The van der Waals surface area contributed by atoms with E-state index in [-0.39, 0.29) is 36.1 Å². The summed E-state index contributed by atoms with van der Waals surface area (Å²) in [5, 5.41) is 3.66. The molecule has 1 N–H and O–H groups in total. The Morgan fingerprint density at radius 3 is 2.25 bits per heavy atom. The maximum absolute atomic E-state index is 14.7. The van der Waals surface area contributed by atoms with Crippen molar-refractivity contribution in [3.8, 4) is 5.75 Å². The first-order valence-electron chi connectivity index (χ1n) is 15.5. The molecule has 4 aromatic rings. The van der Waals surface area contributed by atoms with Crippen LogP contribution in [0.3, 0.4) is 0 Å². The van der Waals surface area contributed by atoms with Gasteiger partial charge in [0.25, 0.3) is 10.0 Å². The van der Waals surface area contributed by atoms with Crippen LogP contribution in [-0.2, 0) is 32.6 Å². The molecule has 0 unspecified atom stereocenters. The minimum atomic E-state index is -4.30. The Bertz CT molecular complexity index is 1790. The number of halogens is 2. The number of ether oxygens (including phenoxy) is 1. The Balaban J connectivity index is 1.85. The molecule has 0 saturated carbocycles. The lowest BCUT2D eigenvalue weighted by Crippen LogP contribution is -2.53. The quantitative estimate of drug-likeness (QED) is 0.120. The van der Waals surface area contributed by atoms with E-state index in [2.05, 4.69) is 5.32 Å². The Hall–Kier alpha value is -3.70. The normalized spacial score (nSPS) is 11.9. The predicted molar refractivity (Wildman–Crippen MR) is 195 cm³/mol. The van der Waals surface area contributed by atoms with Gasteiger partial charge in [-0.2, -0.15) is 0 Å². The van der Waals surface area contributed by atoms with Crippen molar-refractivity contribution in [1.82, 2.24) is 10.2 Å². The first-order chi connectivity index (χ1) is 23.1. The Morgan fingerprint density at radius 1 is 0.917 bits per heavy atom. The average Bonchev–Trinajstić information content (AvgIpc) is 3.09. The van der Waals surface area contributed by atoms with E-state index in [1.807, 2.05) is 43.5 Å². The van der Waals surface area contributed by atoms with Crippen molar-refractivity contribution in [2.45, 2.75) is 49.1 Å². The number of hydrogen-bond donors (Lipinski definition) is 1. The molecule has 0 aromatic heterocycles. The molecule has 254 valence electrons. The van der Waals surface area contributed by atoms with E-state index in [1.54, 1.807) is 61.5 Å². The smallest absolute Gasteiger partial charge is 0.264 e. The lowest BCUT2D eigenvalue weighted by molar-refractivity contribution is -0.140. The molecular weight excluding hydrogens is 689 g/mol. The summed E-state index contributed by atoms with van der Waals surface area (Å²) in [6.07, 6.45) is 2.78. The van der Waals surface area contributed by atoms with Gasteiger partial charge in [-0.15, -0.1) is 11.8 Å². The summed E-state index contributed by atoms with van der Waals surface area (Å²) in [7, 11) is -4.30. The predicted octanol–water partition coefficient (Wildman–Crippen LogP) is 7.48. The standard InChI is InChI=1S/C36H39Cl2N3O5S2/c1-4-21-39-36(43)33(22-26-11-7-6-8-12-26)40(24-27-15-16-28(37)23-31(27)38)35(42)25-41(32-13-9-10-14-34(32)46-5-2)48(44,45)30-19-17-29(47-3)18-20-30/h6-20,23,33H,4-5,21-22,24-25H2,1-3H3,(H,39,43)/t33-/m1/s1. The second kappa shape index (κ2) is 17.6. The number of anilines is 1. The molecule has 0 saturated heterocycles. The monoisotopic (exact) mass is 727 g/mol. The van der Waals surface area contributed by atoms with Crippen LogP contribution in [0.4, 0.5) is 5.69 Å². The summed E-state index contributed by atoms with van der Waals surface area (Å²) in [5.41, 5.74) is 1.57. The third kappa shape index (κ3) is 9.47. The average molecular weight is 729 g/mol. The Morgan fingerprint density at radius 2 is 1.60 bits per heavy atom. The summed E-state index contributed by atoms with van der Waals surface area (Å²) in [5.74, 6) is -0.675. The lowest BCUT2D eigenvalue weighted by atomic mass is 10.0. The van der Waals surface area contributed by atoms with Gasteiger partial charge in [-0.05, 0) is 79.3 Å². The lowest BCUT2D eigenvalue weighted by Gasteiger charge is -2.34. The largest absolute Gasteiger partial charge is 0.492 e. The minimum Gasteiger partial charge on any atom is -0.492 e. The van der Waals surface area contributed by atoms with Gasteiger partial charge < -0.3 is 15.0 Å². The van der Waals surface area contributed by atoms with Crippen LogP contribution < -0.4 is 14.4 Å². The zero-order valence-electron chi connectivity index (χ0n) is 27.1. The van der Waals surface area contributed by atoms with Gasteiger partial charge in [0.15, 0.2) is 0 Å². The van der Waals surface area contributed by atoms with Crippen LogP contribution in [-0.4, -0.2) is 57.1 Å². The minimum absolute atomic E-state index is 0.00761. The molecule has 0 spiro atoms. The molecule has 1 atom stereocenters. The molecule has 0 fully saturated rings. The number of carbonyl (C=O) groups excluding carboxylic acids is 2. The zero-order valence-corrected chi connectivity index (χ0v) is 30.2. The van der Waals surface area contributed by atoms with Crippen LogP contribution in [0, 0.1) is 0 Å².